The number of amides is 1. The van der Waals surface area contributed by atoms with E-state index >= 15 is 0 Å². The Morgan fingerprint density at radius 2 is 2.38 bits per heavy atom. The van der Waals surface area contributed by atoms with Crippen LogP contribution in [0.5, 0.6) is 0 Å². The van der Waals surface area contributed by atoms with Gasteiger partial charge in [0.15, 0.2) is 0 Å². The van der Waals surface area contributed by atoms with Gasteiger partial charge in [0.1, 0.15) is 6.04 Å². The number of methoxy groups -OCH3 is 1. The summed E-state index contributed by atoms with van der Waals surface area (Å²) < 4.78 is 4.88. The molecule has 0 bridgehead atoms. The van der Waals surface area contributed by atoms with Gasteiger partial charge in [0.2, 0.25) is 5.91 Å². The van der Waals surface area contributed by atoms with Gasteiger partial charge in [0.05, 0.1) is 6.61 Å². The molecule has 4 nitrogen and oxygen atoms in total. The van der Waals surface area contributed by atoms with E-state index in [0.29, 0.717) is 13.2 Å². The lowest BCUT2D eigenvalue weighted by molar-refractivity contribution is -0.121. The summed E-state index contributed by atoms with van der Waals surface area (Å²) in [6.45, 7) is 1.11. The van der Waals surface area contributed by atoms with Gasteiger partial charge >= 0.3 is 0 Å². The normalized spacial score (nSPS) is 17.7. The first-order chi connectivity index (χ1) is 7.81. The zero-order valence-electron chi connectivity index (χ0n) is 9.32. The van der Waals surface area contributed by atoms with Gasteiger partial charge in [0.25, 0.3) is 0 Å². The highest BCUT2D eigenvalue weighted by molar-refractivity contribution is 5.87. The zero-order valence-corrected chi connectivity index (χ0v) is 9.32. The lowest BCUT2D eigenvalue weighted by Crippen LogP contribution is -2.39. The largest absolute Gasteiger partial charge is 0.383 e. The first kappa shape index (κ1) is 11.0. The van der Waals surface area contributed by atoms with E-state index in [2.05, 4.69) is 10.6 Å². The van der Waals surface area contributed by atoms with Crippen molar-refractivity contribution in [1.29, 1.82) is 0 Å². The number of fused-ring (bicyclic) bond motifs is 1. The second kappa shape index (κ2) is 4.99. The van der Waals surface area contributed by atoms with Gasteiger partial charge in [0, 0.05) is 25.8 Å². The summed E-state index contributed by atoms with van der Waals surface area (Å²) >= 11 is 0. The van der Waals surface area contributed by atoms with Crippen LogP contribution in [0.15, 0.2) is 24.3 Å². The molecule has 1 aliphatic rings. The highest BCUT2D eigenvalue weighted by atomic mass is 16.5. The van der Waals surface area contributed by atoms with Crippen molar-refractivity contribution in [3.63, 3.8) is 0 Å². The van der Waals surface area contributed by atoms with Crippen LogP contribution in [0, 0.1) is 0 Å². The van der Waals surface area contributed by atoms with E-state index in [4.69, 9.17) is 4.74 Å². The maximum absolute atomic E-state index is 11.8. The molecule has 16 heavy (non-hydrogen) atoms. The molecule has 0 saturated heterocycles. The molecule has 0 spiro atoms. The predicted octanol–water partition coefficient (Wildman–Crippen LogP) is 0.786. The average Bonchev–Trinajstić information content (AvgIpc) is 2.73. The third-order valence-corrected chi connectivity index (χ3v) is 2.69. The molecule has 0 radical (unpaired) electrons. The average molecular weight is 220 g/mol. The highest BCUT2D eigenvalue weighted by Gasteiger charge is 2.25. The van der Waals surface area contributed by atoms with Gasteiger partial charge in [-0.2, -0.15) is 0 Å². The van der Waals surface area contributed by atoms with Crippen molar-refractivity contribution in [2.75, 3.05) is 25.6 Å². The molecule has 1 amide bonds. The van der Waals surface area contributed by atoms with Gasteiger partial charge < -0.3 is 15.4 Å². The number of hydrogen-bond acceptors (Lipinski definition) is 3. The van der Waals surface area contributed by atoms with Crippen molar-refractivity contribution >= 4 is 11.6 Å². The van der Waals surface area contributed by atoms with Crippen LogP contribution in [0.2, 0.25) is 0 Å². The Morgan fingerprint density at radius 3 is 3.12 bits per heavy atom. The van der Waals surface area contributed by atoms with E-state index < -0.39 is 0 Å². The number of carbonyl (C=O) groups excluding carboxylic acids is 1. The second-order valence-electron chi connectivity index (χ2n) is 3.84. The summed E-state index contributed by atoms with van der Waals surface area (Å²) in [5.74, 6) is 0.0354. The standard InChI is InChI=1S/C12H16N2O2/c1-16-7-6-13-12(15)11-8-9-4-2-3-5-10(9)14-11/h2-5,11,14H,6-8H2,1H3,(H,13,15)/t11-/m0/s1. The Labute approximate surface area is 95.0 Å². The van der Waals surface area contributed by atoms with Gasteiger partial charge in [-0.3, -0.25) is 4.79 Å². The van der Waals surface area contributed by atoms with E-state index in [1.54, 1.807) is 7.11 Å². The Kier molecular flexibility index (Phi) is 3.41. The van der Waals surface area contributed by atoms with Crippen molar-refractivity contribution in [3.8, 4) is 0 Å². The van der Waals surface area contributed by atoms with E-state index in [1.165, 1.54) is 5.56 Å². The molecule has 1 heterocycles. The topological polar surface area (TPSA) is 50.4 Å². The van der Waals surface area contributed by atoms with Crippen LogP contribution in [-0.4, -0.2) is 32.2 Å². The summed E-state index contributed by atoms with van der Waals surface area (Å²) in [6.07, 6.45) is 0.759. The molecule has 0 aromatic heterocycles. The quantitative estimate of drug-likeness (QED) is 0.737. The van der Waals surface area contributed by atoms with Crippen LogP contribution in [-0.2, 0) is 16.0 Å². The molecule has 4 heteroatoms. The Balaban J connectivity index is 1.88. The number of ether oxygens (including phenoxy) is 1. The number of anilines is 1. The molecule has 2 N–H and O–H groups in total. The molecular weight excluding hydrogens is 204 g/mol. The van der Waals surface area contributed by atoms with E-state index in [1.807, 2.05) is 24.3 Å². The zero-order chi connectivity index (χ0) is 11.4. The number of carbonyl (C=O) groups is 1. The summed E-state index contributed by atoms with van der Waals surface area (Å²) in [7, 11) is 1.62. The van der Waals surface area contributed by atoms with Crippen molar-refractivity contribution in [3.05, 3.63) is 29.8 Å². The summed E-state index contributed by atoms with van der Waals surface area (Å²) in [4.78, 5) is 11.8. The van der Waals surface area contributed by atoms with E-state index in [-0.39, 0.29) is 11.9 Å². The first-order valence-electron chi connectivity index (χ1n) is 5.42. The third-order valence-electron chi connectivity index (χ3n) is 2.69. The van der Waals surface area contributed by atoms with Crippen molar-refractivity contribution in [1.82, 2.24) is 5.32 Å². The fourth-order valence-corrected chi connectivity index (χ4v) is 1.86. The maximum Gasteiger partial charge on any atom is 0.242 e. The van der Waals surface area contributed by atoms with Crippen LogP contribution < -0.4 is 10.6 Å². The molecular formula is C12H16N2O2. The predicted molar refractivity (Wildman–Crippen MR) is 62.4 cm³/mol. The molecule has 0 unspecified atom stereocenters. The minimum absolute atomic E-state index is 0.0354. The van der Waals surface area contributed by atoms with Crippen LogP contribution in [0.4, 0.5) is 5.69 Å². The number of para-hydroxylation sites is 1. The lowest BCUT2D eigenvalue weighted by Gasteiger charge is -2.11. The number of rotatable bonds is 4. The first-order valence-corrected chi connectivity index (χ1v) is 5.42. The van der Waals surface area contributed by atoms with Gasteiger partial charge in [-0.25, -0.2) is 0 Å². The third kappa shape index (κ3) is 2.33. The van der Waals surface area contributed by atoms with Gasteiger partial charge in [-0.05, 0) is 11.6 Å². The molecule has 1 atom stereocenters. The lowest BCUT2D eigenvalue weighted by atomic mass is 10.1. The molecule has 0 saturated carbocycles. The monoisotopic (exact) mass is 220 g/mol. The molecule has 0 aliphatic carbocycles. The SMILES string of the molecule is COCCNC(=O)[C@@H]1Cc2ccccc2N1. The molecule has 1 aromatic carbocycles. The van der Waals surface area contributed by atoms with Gasteiger partial charge in [-0.1, -0.05) is 18.2 Å². The van der Waals surface area contributed by atoms with Crippen molar-refractivity contribution < 1.29 is 9.53 Å². The fraction of sp³-hybridized carbons (Fsp3) is 0.417. The summed E-state index contributed by atoms with van der Waals surface area (Å²) in [6, 6.07) is 7.86. The van der Waals surface area contributed by atoms with Crippen LogP contribution in [0.1, 0.15) is 5.56 Å². The Morgan fingerprint density at radius 1 is 1.56 bits per heavy atom. The number of nitrogens with one attached hydrogen (secondary N) is 2. The van der Waals surface area contributed by atoms with E-state index in [0.717, 1.165) is 12.1 Å². The van der Waals surface area contributed by atoms with Crippen LogP contribution >= 0.6 is 0 Å². The van der Waals surface area contributed by atoms with Crippen molar-refractivity contribution in [2.45, 2.75) is 12.5 Å². The van der Waals surface area contributed by atoms with Crippen molar-refractivity contribution in [2.24, 2.45) is 0 Å². The highest BCUT2D eigenvalue weighted by Crippen LogP contribution is 2.24. The maximum atomic E-state index is 11.8. The minimum Gasteiger partial charge on any atom is -0.383 e. The number of benzene rings is 1. The minimum atomic E-state index is -0.144. The van der Waals surface area contributed by atoms with Gasteiger partial charge in [-0.15, -0.1) is 0 Å². The molecule has 1 aromatic rings. The molecule has 0 fully saturated rings. The van der Waals surface area contributed by atoms with Crippen LogP contribution in [0.25, 0.3) is 0 Å². The molecule has 2 rings (SSSR count). The summed E-state index contributed by atoms with van der Waals surface area (Å²) in [5.41, 5.74) is 2.27. The Bertz CT molecular complexity index is 354. The number of hydrogen-bond donors (Lipinski definition) is 2. The fourth-order valence-electron chi connectivity index (χ4n) is 1.86. The Hall–Kier alpha value is -1.55. The molecule has 1 aliphatic heterocycles. The smallest absolute Gasteiger partial charge is 0.242 e. The second-order valence-corrected chi connectivity index (χ2v) is 3.84. The summed E-state index contributed by atoms with van der Waals surface area (Å²) in [5, 5.41) is 6.04. The van der Waals surface area contributed by atoms with E-state index in [9.17, 15) is 4.79 Å². The van der Waals surface area contributed by atoms with Crippen LogP contribution in [0.3, 0.4) is 0 Å². The molecule has 86 valence electrons.